The van der Waals surface area contributed by atoms with E-state index in [0.29, 0.717) is 5.82 Å². The summed E-state index contributed by atoms with van der Waals surface area (Å²) in [5.74, 6) is 0.149. The van der Waals surface area contributed by atoms with E-state index < -0.39 is 5.91 Å². The number of rotatable bonds is 3. The predicted octanol–water partition coefficient (Wildman–Crippen LogP) is 0.0515. The molecule has 1 aromatic heterocycles. The first-order valence-corrected chi connectivity index (χ1v) is 3.95. The van der Waals surface area contributed by atoms with Crippen molar-refractivity contribution in [3.05, 3.63) is 17.5 Å². The van der Waals surface area contributed by atoms with E-state index >= 15 is 0 Å². The van der Waals surface area contributed by atoms with Crippen LogP contribution in [0.4, 0.5) is 5.82 Å². The van der Waals surface area contributed by atoms with E-state index in [2.05, 4.69) is 9.97 Å². The van der Waals surface area contributed by atoms with Crippen LogP contribution < -0.4 is 10.6 Å². The molecule has 0 aliphatic heterocycles. The maximum Gasteiger partial charge on any atom is 0.236 e. The van der Waals surface area contributed by atoms with E-state index in [0.717, 1.165) is 0 Å². The summed E-state index contributed by atoms with van der Waals surface area (Å²) in [6.45, 7) is 0.105. The Morgan fingerprint density at radius 1 is 1.77 bits per heavy atom. The van der Waals surface area contributed by atoms with Gasteiger partial charge in [0.1, 0.15) is 5.82 Å². The summed E-state index contributed by atoms with van der Waals surface area (Å²) in [7, 11) is 1.70. The number of amides is 1. The van der Waals surface area contributed by atoms with Gasteiger partial charge in [-0.1, -0.05) is 0 Å². The minimum absolute atomic E-state index is 0.105. The molecule has 1 rings (SSSR count). The van der Waals surface area contributed by atoms with Crippen LogP contribution in [0.1, 0.15) is 0 Å². The second-order valence-electron chi connectivity index (χ2n) is 2.51. The number of carbonyl (C=O) groups is 1. The lowest BCUT2D eigenvalue weighted by atomic mass is 10.5. The number of nitrogens with two attached hydrogens (primary N) is 1. The van der Waals surface area contributed by atoms with Crippen LogP contribution in [-0.2, 0) is 4.79 Å². The van der Waals surface area contributed by atoms with Gasteiger partial charge in [0.25, 0.3) is 0 Å². The quantitative estimate of drug-likeness (QED) is 0.700. The molecule has 0 fully saturated rings. The van der Waals surface area contributed by atoms with Crippen LogP contribution in [0.2, 0.25) is 5.28 Å². The molecule has 0 aromatic carbocycles. The third-order valence-electron chi connectivity index (χ3n) is 1.40. The molecular weight excluding hydrogens is 192 g/mol. The second kappa shape index (κ2) is 4.04. The fourth-order valence-corrected chi connectivity index (χ4v) is 0.996. The monoisotopic (exact) mass is 200 g/mol. The molecule has 1 amide bonds. The Kier molecular flexibility index (Phi) is 3.02. The molecule has 13 heavy (non-hydrogen) atoms. The standard InChI is InChI=1S/C7H9ClN4O/c1-12(4-5(9)13)6-2-3-10-7(8)11-6/h2-3H,4H2,1H3,(H2,9,13). The van der Waals surface area contributed by atoms with E-state index in [1.165, 1.54) is 6.20 Å². The van der Waals surface area contributed by atoms with Crippen molar-refractivity contribution in [3.8, 4) is 0 Å². The summed E-state index contributed by atoms with van der Waals surface area (Å²) in [4.78, 5) is 19.8. The first kappa shape index (κ1) is 9.73. The largest absolute Gasteiger partial charge is 0.368 e. The molecule has 0 aliphatic rings. The zero-order valence-corrected chi connectivity index (χ0v) is 7.82. The van der Waals surface area contributed by atoms with Gasteiger partial charge in [0.15, 0.2) is 0 Å². The number of aromatic nitrogens is 2. The zero-order valence-electron chi connectivity index (χ0n) is 7.07. The lowest BCUT2D eigenvalue weighted by Gasteiger charge is -2.15. The van der Waals surface area contributed by atoms with Gasteiger partial charge in [0.2, 0.25) is 11.2 Å². The number of likely N-dealkylation sites (N-methyl/N-ethyl adjacent to an activating group) is 1. The van der Waals surface area contributed by atoms with Crippen molar-refractivity contribution >= 4 is 23.3 Å². The fourth-order valence-electron chi connectivity index (χ4n) is 0.853. The van der Waals surface area contributed by atoms with Gasteiger partial charge in [-0.25, -0.2) is 9.97 Å². The number of primary amides is 1. The van der Waals surface area contributed by atoms with Crippen molar-refractivity contribution in [2.24, 2.45) is 5.73 Å². The maximum atomic E-state index is 10.6. The lowest BCUT2D eigenvalue weighted by molar-refractivity contribution is -0.116. The van der Waals surface area contributed by atoms with E-state index in [1.54, 1.807) is 18.0 Å². The summed E-state index contributed by atoms with van der Waals surface area (Å²) in [6, 6.07) is 1.65. The van der Waals surface area contributed by atoms with Crippen LogP contribution in [0, 0.1) is 0 Å². The summed E-state index contributed by atoms with van der Waals surface area (Å²) < 4.78 is 0. The van der Waals surface area contributed by atoms with Gasteiger partial charge < -0.3 is 10.6 Å². The van der Waals surface area contributed by atoms with Crippen LogP contribution in [0.15, 0.2) is 12.3 Å². The van der Waals surface area contributed by atoms with Crippen molar-refractivity contribution in [1.82, 2.24) is 9.97 Å². The van der Waals surface area contributed by atoms with E-state index in [-0.39, 0.29) is 11.8 Å². The number of anilines is 1. The Balaban J connectivity index is 2.76. The normalized spacial score (nSPS) is 9.69. The fraction of sp³-hybridized carbons (Fsp3) is 0.286. The Bertz CT molecular complexity index is 317. The number of halogens is 1. The van der Waals surface area contributed by atoms with Crippen LogP contribution in [-0.4, -0.2) is 29.5 Å². The van der Waals surface area contributed by atoms with Gasteiger partial charge in [-0.15, -0.1) is 0 Å². The molecule has 0 bridgehead atoms. The smallest absolute Gasteiger partial charge is 0.236 e. The van der Waals surface area contributed by atoms with Crippen LogP contribution in [0.25, 0.3) is 0 Å². The molecule has 1 aromatic rings. The van der Waals surface area contributed by atoms with Crippen molar-refractivity contribution in [1.29, 1.82) is 0 Å². The van der Waals surface area contributed by atoms with Crippen molar-refractivity contribution in [3.63, 3.8) is 0 Å². The van der Waals surface area contributed by atoms with E-state index in [4.69, 9.17) is 17.3 Å². The van der Waals surface area contributed by atoms with Gasteiger partial charge in [-0.2, -0.15) is 0 Å². The molecule has 0 aliphatic carbocycles. The molecular formula is C7H9ClN4O. The molecule has 0 radical (unpaired) electrons. The average molecular weight is 201 g/mol. The van der Waals surface area contributed by atoms with Gasteiger partial charge in [-0.05, 0) is 17.7 Å². The minimum Gasteiger partial charge on any atom is -0.368 e. The third kappa shape index (κ3) is 2.87. The van der Waals surface area contributed by atoms with E-state index in [1.807, 2.05) is 0 Å². The summed E-state index contributed by atoms with van der Waals surface area (Å²) in [5.41, 5.74) is 5.01. The summed E-state index contributed by atoms with van der Waals surface area (Å²) >= 11 is 5.56. The molecule has 6 heteroatoms. The molecule has 0 saturated heterocycles. The van der Waals surface area contributed by atoms with E-state index in [9.17, 15) is 4.79 Å². The Labute approximate surface area is 80.5 Å². The predicted molar refractivity (Wildman–Crippen MR) is 49.5 cm³/mol. The summed E-state index contributed by atoms with van der Waals surface area (Å²) in [6.07, 6.45) is 1.52. The topological polar surface area (TPSA) is 72.1 Å². The summed E-state index contributed by atoms with van der Waals surface area (Å²) in [5, 5.41) is 0.147. The molecule has 0 atom stereocenters. The van der Waals surface area contributed by atoms with Crippen molar-refractivity contribution in [2.45, 2.75) is 0 Å². The molecule has 1 heterocycles. The molecule has 2 N–H and O–H groups in total. The molecule has 0 saturated carbocycles. The number of carbonyl (C=O) groups excluding carboxylic acids is 1. The highest BCUT2D eigenvalue weighted by Gasteiger charge is 2.05. The van der Waals surface area contributed by atoms with Gasteiger partial charge >= 0.3 is 0 Å². The SMILES string of the molecule is CN(CC(N)=O)c1ccnc(Cl)n1. The van der Waals surface area contributed by atoms with Crippen molar-refractivity contribution in [2.75, 3.05) is 18.5 Å². The maximum absolute atomic E-state index is 10.6. The highest BCUT2D eigenvalue weighted by molar-refractivity contribution is 6.28. The average Bonchev–Trinajstić information content (AvgIpc) is 2.03. The first-order chi connectivity index (χ1) is 6.09. The number of hydrogen-bond acceptors (Lipinski definition) is 4. The second-order valence-corrected chi connectivity index (χ2v) is 2.84. The minimum atomic E-state index is -0.419. The molecule has 0 unspecified atom stereocenters. The Morgan fingerprint density at radius 3 is 3.00 bits per heavy atom. The van der Waals surface area contributed by atoms with Gasteiger partial charge in [0, 0.05) is 13.2 Å². The van der Waals surface area contributed by atoms with Crippen LogP contribution in [0.3, 0.4) is 0 Å². The number of hydrogen-bond donors (Lipinski definition) is 1. The number of nitrogens with zero attached hydrogens (tertiary/aromatic N) is 3. The third-order valence-corrected chi connectivity index (χ3v) is 1.58. The highest BCUT2D eigenvalue weighted by Crippen LogP contribution is 2.09. The Hall–Kier alpha value is -1.36. The van der Waals surface area contributed by atoms with Gasteiger partial charge in [0.05, 0.1) is 6.54 Å². The van der Waals surface area contributed by atoms with Crippen molar-refractivity contribution < 1.29 is 4.79 Å². The van der Waals surface area contributed by atoms with Crippen LogP contribution in [0.5, 0.6) is 0 Å². The molecule has 70 valence electrons. The van der Waals surface area contributed by atoms with Gasteiger partial charge in [-0.3, -0.25) is 4.79 Å². The van der Waals surface area contributed by atoms with Crippen LogP contribution >= 0.6 is 11.6 Å². The highest BCUT2D eigenvalue weighted by atomic mass is 35.5. The zero-order chi connectivity index (χ0) is 9.84. The molecule has 0 spiro atoms. The molecule has 5 nitrogen and oxygen atoms in total. The first-order valence-electron chi connectivity index (χ1n) is 3.57. The lowest BCUT2D eigenvalue weighted by Crippen LogP contribution is -2.31. The Morgan fingerprint density at radius 2 is 2.46 bits per heavy atom.